The van der Waals surface area contributed by atoms with Crippen molar-refractivity contribution in [1.29, 1.82) is 0 Å². The molecule has 6 heteroatoms. The first-order chi connectivity index (χ1) is 8.60. The largest absolute Gasteiger partial charge is 0.453 e. The van der Waals surface area contributed by atoms with Gasteiger partial charge in [0.05, 0.1) is 18.0 Å². The molecule has 1 aromatic carbocycles. The molecule has 3 N–H and O–H groups in total. The minimum atomic E-state index is 0.0117. The molecule has 0 atom stereocenters. The van der Waals surface area contributed by atoms with Crippen molar-refractivity contribution in [2.24, 2.45) is 17.9 Å². The predicted octanol–water partition coefficient (Wildman–Crippen LogP) is 1.62. The van der Waals surface area contributed by atoms with Gasteiger partial charge in [-0.1, -0.05) is 16.8 Å². The van der Waals surface area contributed by atoms with Gasteiger partial charge in [-0.15, -0.1) is 0 Å². The number of nitrogens with zero attached hydrogens (tertiary/aromatic N) is 3. The zero-order valence-corrected chi connectivity index (χ0v) is 10.2. The molecule has 0 unspecified atom stereocenters. The van der Waals surface area contributed by atoms with Crippen molar-refractivity contribution < 1.29 is 9.94 Å². The van der Waals surface area contributed by atoms with Crippen LogP contribution in [0.5, 0.6) is 11.5 Å². The fourth-order valence-corrected chi connectivity index (χ4v) is 1.57. The highest BCUT2D eigenvalue weighted by atomic mass is 16.5. The average molecular weight is 246 g/mol. The Morgan fingerprint density at radius 1 is 1.50 bits per heavy atom. The van der Waals surface area contributed by atoms with Crippen LogP contribution in [0, 0.1) is 6.92 Å². The fraction of sp³-hybridized carbons (Fsp3) is 0.167. The van der Waals surface area contributed by atoms with E-state index in [1.54, 1.807) is 36.3 Å². The number of benzene rings is 1. The van der Waals surface area contributed by atoms with Crippen LogP contribution < -0.4 is 10.5 Å². The quantitative estimate of drug-likeness (QED) is 0.373. The van der Waals surface area contributed by atoms with Crippen LogP contribution in [0.15, 0.2) is 35.7 Å². The van der Waals surface area contributed by atoms with Crippen LogP contribution in [0.2, 0.25) is 0 Å². The minimum Gasteiger partial charge on any atom is -0.453 e. The van der Waals surface area contributed by atoms with Crippen LogP contribution in [0.25, 0.3) is 0 Å². The molecule has 0 radical (unpaired) electrons. The van der Waals surface area contributed by atoms with Crippen LogP contribution in [0.4, 0.5) is 0 Å². The van der Waals surface area contributed by atoms with E-state index >= 15 is 0 Å². The van der Waals surface area contributed by atoms with Crippen molar-refractivity contribution in [3.8, 4) is 11.5 Å². The van der Waals surface area contributed by atoms with E-state index in [-0.39, 0.29) is 5.84 Å². The summed E-state index contributed by atoms with van der Waals surface area (Å²) in [7, 11) is 1.80. The summed E-state index contributed by atoms with van der Waals surface area (Å²) in [4.78, 5) is 0. The van der Waals surface area contributed by atoms with Gasteiger partial charge in [-0.05, 0) is 19.1 Å². The number of nitrogens with two attached hydrogens (primary N) is 1. The molecule has 94 valence electrons. The molecule has 0 aliphatic carbocycles. The van der Waals surface area contributed by atoms with Crippen LogP contribution in [-0.4, -0.2) is 20.8 Å². The zero-order chi connectivity index (χ0) is 13.1. The maximum absolute atomic E-state index is 8.76. The summed E-state index contributed by atoms with van der Waals surface area (Å²) in [5.74, 6) is 1.12. The number of ether oxygens (including phenoxy) is 1. The summed E-state index contributed by atoms with van der Waals surface area (Å²) in [6.45, 7) is 1.92. The second kappa shape index (κ2) is 4.79. The zero-order valence-electron chi connectivity index (χ0n) is 10.2. The Kier molecular flexibility index (Phi) is 3.18. The lowest BCUT2D eigenvalue weighted by atomic mass is 10.1. The number of oxime groups is 1. The number of aromatic nitrogens is 2. The van der Waals surface area contributed by atoms with Gasteiger partial charge < -0.3 is 15.7 Å². The number of hydrogen-bond donors (Lipinski definition) is 2. The van der Waals surface area contributed by atoms with Crippen molar-refractivity contribution in [1.82, 2.24) is 9.78 Å². The normalized spacial score (nSPS) is 11.6. The molecular formula is C12H14N4O2. The van der Waals surface area contributed by atoms with Crippen LogP contribution in [0.1, 0.15) is 11.1 Å². The second-order valence-corrected chi connectivity index (χ2v) is 3.94. The van der Waals surface area contributed by atoms with E-state index in [1.165, 1.54) is 0 Å². The minimum absolute atomic E-state index is 0.0117. The maximum atomic E-state index is 8.76. The molecule has 0 saturated carbocycles. The van der Waals surface area contributed by atoms with Gasteiger partial charge in [0.15, 0.2) is 11.6 Å². The predicted molar refractivity (Wildman–Crippen MR) is 67.0 cm³/mol. The van der Waals surface area contributed by atoms with Crippen LogP contribution >= 0.6 is 0 Å². The fourth-order valence-electron chi connectivity index (χ4n) is 1.57. The molecular weight excluding hydrogens is 232 g/mol. The summed E-state index contributed by atoms with van der Waals surface area (Å²) in [5.41, 5.74) is 7.16. The molecule has 2 aromatic rings. The number of rotatable bonds is 3. The SMILES string of the molecule is Cc1ccc(Oc2cnn(C)c2)c(/C(N)=N/O)c1. The first-order valence-corrected chi connectivity index (χ1v) is 5.35. The van der Waals surface area contributed by atoms with E-state index in [0.717, 1.165) is 5.56 Å². The number of hydrogen-bond acceptors (Lipinski definition) is 4. The second-order valence-electron chi connectivity index (χ2n) is 3.94. The summed E-state index contributed by atoms with van der Waals surface area (Å²) in [5, 5.41) is 15.8. The molecule has 2 rings (SSSR count). The third kappa shape index (κ3) is 2.42. The van der Waals surface area contributed by atoms with Gasteiger partial charge in [-0.3, -0.25) is 4.68 Å². The Bertz CT molecular complexity index is 590. The molecule has 0 bridgehead atoms. The van der Waals surface area contributed by atoms with Gasteiger partial charge in [-0.25, -0.2) is 0 Å². The van der Waals surface area contributed by atoms with E-state index in [9.17, 15) is 0 Å². The molecule has 1 aromatic heterocycles. The van der Waals surface area contributed by atoms with E-state index in [4.69, 9.17) is 15.7 Å². The molecule has 0 aliphatic rings. The third-order valence-electron chi connectivity index (χ3n) is 2.43. The molecule has 18 heavy (non-hydrogen) atoms. The molecule has 0 aliphatic heterocycles. The summed E-state index contributed by atoms with van der Waals surface area (Å²) in [6.07, 6.45) is 3.33. The Balaban J connectivity index is 2.38. The van der Waals surface area contributed by atoms with Crippen molar-refractivity contribution in [3.05, 3.63) is 41.7 Å². The van der Waals surface area contributed by atoms with Gasteiger partial charge in [-0.2, -0.15) is 5.10 Å². The van der Waals surface area contributed by atoms with Gasteiger partial charge in [0, 0.05) is 7.05 Å². The number of amidine groups is 1. The van der Waals surface area contributed by atoms with Crippen molar-refractivity contribution in [2.45, 2.75) is 6.92 Å². The molecule has 0 fully saturated rings. The lowest BCUT2D eigenvalue weighted by Crippen LogP contribution is -2.14. The molecule has 1 heterocycles. The van der Waals surface area contributed by atoms with E-state index in [1.807, 2.05) is 13.0 Å². The van der Waals surface area contributed by atoms with Crippen LogP contribution in [-0.2, 0) is 7.05 Å². The van der Waals surface area contributed by atoms with Crippen molar-refractivity contribution in [3.63, 3.8) is 0 Å². The van der Waals surface area contributed by atoms with Gasteiger partial charge in [0.1, 0.15) is 5.75 Å². The van der Waals surface area contributed by atoms with Gasteiger partial charge >= 0.3 is 0 Å². The van der Waals surface area contributed by atoms with Crippen molar-refractivity contribution in [2.75, 3.05) is 0 Å². The Hall–Kier alpha value is -2.50. The van der Waals surface area contributed by atoms with E-state index in [0.29, 0.717) is 17.1 Å². The summed E-state index contributed by atoms with van der Waals surface area (Å²) >= 11 is 0. The monoisotopic (exact) mass is 246 g/mol. The Labute approximate surface area is 104 Å². The highest BCUT2D eigenvalue weighted by molar-refractivity contribution is 5.99. The van der Waals surface area contributed by atoms with E-state index < -0.39 is 0 Å². The first-order valence-electron chi connectivity index (χ1n) is 5.35. The molecule has 0 saturated heterocycles. The Morgan fingerprint density at radius 2 is 2.28 bits per heavy atom. The van der Waals surface area contributed by atoms with E-state index in [2.05, 4.69) is 10.3 Å². The molecule has 6 nitrogen and oxygen atoms in total. The lowest BCUT2D eigenvalue weighted by molar-refractivity contribution is 0.318. The Morgan fingerprint density at radius 3 is 2.89 bits per heavy atom. The molecule has 0 spiro atoms. The first kappa shape index (κ1) is 12.0. The third-order valence-corrected chi connectivity index (χ3v) is 2.43. The number of aryl methyl sites for hydroxylation is 2. The topological polar surface area (TPSA) is 85.7 Å². The standard InChI is InChI=1S/C12H14N4O2/c1-8-3-4-11(10(5-8)12(13)15-17)18-9-6-14-16(2)7-9/h3-7,17H,1-2H3,(H2,13,15). The van der Waals surface area contributed by atoms with Gasteiger partial charge in [0.2, 0.25) is 0 Å². The lowest BCUT2D eigenvalue weighted by Gasteiger charge is -2.09. The van der Waals surface area contributed by atoms with Gasteiger partial charge in [0.25, 0.3) is 0 Å². The average Bonchev–Trinajstić information content (AvgIpc) is 2.76. The highest BCUT2D eigenvalue weighted by Gasteiger charge is 2.10. The van der Waals surface area contributed by atoms with Crippen LogP contribution in [0.3, 0.4) is 0 Å². The highest BCUT2D eigenvalue weighted by Crippen LogP contribution is 2.25. The maximum Gasteiger partial charge on any atom is 0.173 e. The summed E-state index contributed by atoms with van der Waals surface area (Å²) in [6, 6.07) is 5.45. The smallest absolute Gasteiger partial charge is 0.173 e. The summed E-state index contributed by atoms with van der Waals surface area (Å²) < 4.78 is 7.28. The molecule has 0 amide bonds. The van der Waals surface area contributed by atoms with Crippen molar-refractivity contribution >= 4 is 5.84 Å².